The molecule has 2 aliphatic rings. The summed E-state index contributed by atoms with van der Waals surface area (Å²) in [6, 6.07) is 4.57. The van der Waals surface area contributed by atoms with Crippen LogP contribution in [0.15, 0.2) is 12.1 Å². The molecule has 1 fully saturated rings. The molecule has 1 atom stereocenters. The maximum atomic E-state index is 9.88. The number of aryl methyl sites for hydroxylation is 1. The molecule has 1 aromatic rings. The second kappa shape index (κ2) is 3.32. The Kier molecular flexibility index (Phi) is 2.08. The van der Waals surface area contributed by atoms with Crippen LogP contribution in [0.4, 0.5) is 0 Å². The molecule has 1 saturated carbocycles. The normalized spacial score (nSPS) is 25.1. The molecule has 1 aliphatic carbocycles. The van der Waals surface area contributed by atoms with Gasteiger partial charge < -0.3 is 5.11 Å². The van der Waals surface area contributed by atoms with Crippen LogP contribution in [0.25, 0.3) is 0 Å². The molecule has 2 N–H and O–H groups in total. The maximum Gasteiger partial charge on any atom is 0.131 e. The van der Waals surface area contributed by atoms with Gasteiger partial charge in [-0.2, -0.15) is 0 Å². The van der Waals surface area contributed by atoms with Crippen molar-refractivity contribution in [2.24, 2.45) is 0 Å². The van der Waals surface area contributed by atoms with Gasteiger partial charge in [0.25, 0.3) is 0 Å². The molecule has 15 heavy (non-hydrogen) atoms. The van der Waals surface area contributed by atoms with E-state index >= 15 is 0 Å². The molecular formula is C13H17NO. The van der Waals surface area contributed by atoms with Crippen LogP contribution in [0, 0.1) is 6.92 Å². The first-order valence-electron chi connectivity index (χ1n) is 5.80. The van der Waals surface area contributed by atoms with Gasteiger partial charge in [0.2, 0.25) is 0 Å². The summed E-state index contributed by atoms with van der Waals surface area (Å²) in [5.74, 6) is 0.807. The van der Waals surface area contributed by atoms with Crippen molar-refractivity contribution in [2.75, 3.05) is 6.54 Å². The highest BCUT2D eigenvalue weighted by Crippen LogP contribution is 2.42. The lowest BCUT2D eigenvalue weighted by Gasteiger charge is -2.25. The summed E-state index contributed by atoms with van der Waals surface area (Å²) in [5, 5.41) is 13.0. The van der Waals surface area contributed by atoms with Crippen LogP contribution in [0.1, 0.15) is 47.2 Å². The summed E-state index contributed by atoms with van der Waals surface area (Å²) in [6.07, 6.45) is 3.29. The molecule has 80 valence electrons. The highest BCUT2D eigenvalue weighted by Gasteiger charge is 2.27. The van der Waals surface area contributed by atoms with Crippen molar-refractivity contribution in [3.8, 4) is 0 Å². The van der Waals surface area contributed by atoms with Gasteiger partial charge in [-0.1, -0.05) is 12.1 Å². The molecule has 0 amide bonds. The second-order valence-electron chi connectivity index (χ2n) is 4.79. The lowest BCUT2D eigenvalue weighted by Crippen LogP contribution is -2.30. The van der Waals surface area contributed by atoms with Crippen molar-refractivity contribution >= 4 is 0 Å². The van der Waals surface area contributed by atoms with E-state index in [0.29, 0.717) is 0 Å². The molecule has 1 aliphatic heterocycles. The van der Waals surface area contributed by atoms with Crippen LogP contribution in [-0.4, -0.2) is 11.7 Å². The highest BCUT2D eigenvalue weighted by molar-refractivity contribution is 5.43. The lowest BCUT2D eigenvalue weighted by molar-refractivity contribution is 0.131. The summed E-state index contributed by atoms with van der Waals surface area (Å²) < 4.78 is 0. The molecule has 1 unspecified atom stereocenters. The summed E-state index contributed by atoms with van der Waals surface area (Å²) in [5.41, 5.74) is 5.20. The van der Waals surface area contributed by atoms with E-state index in [4.69, 9.17) is 0 Å². The minimum absolute atomic E-state index is 0.456. The topological polar surface area (TPSA) is 32.3 Å². The quantitative estimate of drug-likeness (QED) is 0.731. The zero-order valence-electron chi connectivity index (χ0n) is 9.09. The third-order valence-electron chi connectivity index (χ3n) is 3.55. The fraction of sp³-hybridized carbons (Fsp3) is 0.538. The molecule has 0 aromatic heterocycles. The number of fused-ring (bicyclic) bond motifs is 1. The fourth-order valence-electron chi connectivity index (χ4n) is 2.60. The predicted molar refractivity (Wildman–Crippen MR) is 59.8 cm³/mol. The van der Waals surface area contributed by atoms with Gasteiger partial charge in [-0.25, -0.2) is 0 Å². The third kappa shape index (κ3) is 1.58. The van der Waals surface area contributed by atoms with Gasteiger partial charge in [-0.05, 0) is 48.8 Å². The van der Waals surface area contributed by atoms with Crippen molar-refractivity contribution in [3.05, 3.63) is 34.4 Å². The molecule has 1 aromatic carbocycles. The van der Waals surface area contributed by atoms with Crippen LogP contribution >= 0.6 is 0 Å². The van der Waals surface area contributed by atoms with Crippen LogP contribution < -0.4 is 5.32 Å². The van der Waals surface area contributed by atoms with E-state index in [2.05, 4.69) is 24.4 Å². The molecule has 1 heterocycles. The smallest absolute Gasteiger partial charge is 0.131 e. The maximum absolute atomic E-state index is 9.88. The zero-order valence-corrected chi connectivity index (χ0v) is 9.09. The summed E-state index contributed by atoms with van der Waals surface area (Å²) in [6.45, 7) is 3.00. The standard InChI is InChI=1S/C13H17NO/c1-8-6-11(9-2-3-9)7-10-4-5-14-13(15)12(8)10/h6-7,9,13-15H,2-5H2,1H3. The Morgan fingerprint density at radius 2 is 2.13 bits per heavy atom. The van der Waals surface area contributed by atoms with Gasteiger partial charge in [0.05, 0.1) is 0 Å². The molecule has 0 spiro atoms. The van der Waals surface area contributed by atoms with Crippen molar-refractivity contribution < 1.29 is 5.11 Å². The number of benzene rings is 1. The molecule has 2 heteroatoms. The molecule has 3 rings (SSSR count). The second-order valence-corrected chi connectivity index (χ2v) is 4.79. The van der Waals surface area contributed by atoms with Gasteiger partial charge in [0, 0.05) is 12.1 Å². The minimum Gasteiger partial charge on any atom is -0.374 e. The molecule has 2 nitrogen and oxygen atoms in total. The van der Waals surface area contributed by atoms with E-state index in [0.717, 1.165) is 24.4 Å². The first kappa shape index (κ1) is 9.37. The van der Waals surface area contributed by atoms with E-state index in [1.54, 1.807) is 0 Å². The molecular weight excluding hydrogens is 186 g/mol. The summed E-state index contributed by atoms with van der Waals surface area (Å²) in [4.78, 5) is 0. The number of nitrogens with one attached hydrogen (secondary N) is 1. The Hall–Kier alpha value is -0.860. The van der Waals surface area contributed by atoms with Gasteiger partial charge in [0.1, 0.15) is 6.23 Å². The van der Waals surface area contributed by atoms with Crippen LogP contribution in [-0.2, 0) is 6.42 Å². The van der Waals surface area contributed by atoms with Gasteiger partial charge >= 0.3 is 0 Å². The average molecular weight is 203 g/mol. The van der Waals surface area contributed by atoms with Crippen molar-refractivity contribution in [2.45, 2.75) is 38.3 Å². The number of rotatable bonds is 1. The first-order valence-corrected chi connectivity index (χ1v) is 5.80. The van der Waals surface area contributed by atoms with Crippen molar-refractivity contribution in [1.29, 1.82) is 0 Å². The number of hydrogen-bond acceptors (Lipinski definition) is 2. The zero-order chi connectivity index (χ0) is 10.4. The van der Waals surface area contributed by atoms with Crippen molar-refractivity contribution in [1.82, 2.24) is 5.32 Å². The number of aliphatic hydroxyl groups is 1. The van der Waals surface area contributed by atoms with E-state index < -0.39 is 6.23 Å². The van der Waals surface area contributed by atoms with Crippen LogP contribution in [0.5, 0.6) is 0 Å². The molecule has 0 saturated heterocycles. The summed E-state index contributed by atoms with van der Waals surface area (Å²) >= 11 is 0. The van der Waals surface area contributed by atoms with Crippen LogP contribution in [0.3, 0.4) is 0 Å². The fourth-order valence-corrected chi connectivity index (χ4v) is 2.60. The van der Waals surface area contributed by atoms with E-state index in [-0.39, 0.29) is 0 Å². The van der Waals surface area contributed by atoms with Gasteiger partial charge in [-0.15, -0.1) is 0 Å². The van der Waals surface area contributed by atoms with Gasteiger partial charge in [-0.3, -0.25) is 5.32 Å². The third-order valence-corrected chi connectivity index (χ3v) is 3.55. The Labute approximate surface area is 90.3 Å². The van der Waals surface area contributed by atoms with E-state index in [1.807, 2.05) is 0 Å². The largest absolute Gasteiger partial charge is 0.374 e. The Morgan fingerprint density at radius 3 is 2.87 bits per heavy atom. The van der Waals surface area contributed by atoms with Crippen LogP contribution in [0.2, 0.25) is 0 Å². The minimum atomic E-state index is -0.456. The van der Waals surface area contributed by atoms with E-state index in [1.165, 1.54) is 29.5 Å². The molecule has 0 bridgehead atoms. The van der Waals surface area contributed by atoms with Gasteiger partial charge in [0.15, 0.2) is 0 Å². The number of aliphatic hydroxyl groups excluding tert-OH is 1. The lowest BCUT2D eigenvalue weighted by atomic mass is 9.91. The highest BCUT2D eigenvalue weighted by atomic mass is 16.3. The first-order chi connectivity index (χ1) is 7.25. The van der Waals surface area contributed by atoms with Crippen molar-refractivity contribution in [3.63, 3.8) is 0 Å². The monoisotopic (exact) mass is 203 g/mol. The Bertz CT molecular complexity index is 396. The van der Waals surface area contributed by atoms with E-state index in [9.17, 15) is 5.11 Å². The molecule has 0 radical (unpaired) electrons. The Balaban J connectivity index is 2.08. The average Bonchev–Trinajstić information content (AvgIpc) is 3.00. The summed E-state index contributed by atoms with van der Waals surface area (Å²) in [7, 11) is 0. The SMILES string of the molecule is Cc1cc(C2CC2)cc2c1C(O)NCC2. The predicted octanol–water partition coefficient (Wildman–Crippen LogP) is 2.01. The Morgan fingerprint density at radius 1 is 1.33 bits per heavy atom. The number of hydrogen-bond donors (Lipinski definition) is 2.